The largest absolute Gasteiger partial charge is 0.355 e. The molecule has 1 N–H and O–H groups in total. The van der Waals surface area contributed by atoms with Crippen molar-refractivity contribution in [3.8, 4) is 0 Å². The molecular formula is C12H9ClN2O5. The summed E-state index contributed by atoms with van der Waals surface area (Å²) < 4.78 is 0. The van der Waals surface area contributed by atoms with Gasteiger partial charge in [0.15, 0.2) is 17.5 Å². The first kappa shape index (κ1) is 14.1. The molecule has 1 unspecified atom stereocenters. The molecule has 1 heterocycles. The number of rotatable bonds is 3. The van der Waals surface area contributed by atoms with Crippen LogP contribution in [-0.2, 0) is 9.59 Å². The molecule has 1 fully saturated rings. The molecule has 1 aliphatic heterocycles. The van der Waals surface area contributed by atoms with Crippen LogP contribution in [-0.4, -0.2) is 28.9 Å². The van der Waals surface area contributed by atoms with Gasteiger partial charge in [-0.2, -0.15) is 0 Å². The zero-order valence-electron chi connectivity index (χ0n) is 10.1. The second-order valence-corrected chi connectivity index (χ2v) is 4.66. The van der Waals surface area contributed by atoms with Crippen molar-refractivity contribution in [3.05, 3.63) is 38.9 Å². The highest BCUT2D eigenvalue weighted by atomic mass is 35.5. The number of carbonyl (C=O) groups excluding carboxylic acids is 3. The summed E-state index contributed by atoms with van der Waals surface area (Å²) in [6.45, 7) is 0.166. The number of hydrogen-bond donors (Lipinski definition) is 1. The number of hydrogen-bond acceptors (Lipinski definition) is 5. The lowest BCUT2D eigenvalue weighted by Gasteiger charge is -2.19. The summed E-state index contributed by atoms with van der Waals surface area (Å²) in [5.41, 5.74) is -0.816. The van der Waals surface area contributed by atoms with Gasteiger partial charge in [-0.15, -0.1) is 0 Å². The number of piperidine rings is 1. The Balaban J connectivity index is 2.47. The lowest BCUT2D eigenvalue weighted by atomic mass is 9.88. The highest BCUT2D eigenvalue weighted by molar-refractivity contribution is 6.32. The Labute approximate surface area is 118 Å². The Bertz CT molecular complexity index is 612. The molecule has 2 rings (SSSR count). The van der Waals surface area contributed by atoms with Crippen LogP contribution in [0, 0.1) is 16.0 Å². The minimum Gasteiger partial charge on any atom is -0.355 e. The van der Waals surface area contributed by atoms with E-state index in [1.165, 1.54) is 6.07 Å². The van der Waals surface area contributed by atoms with Crippen molar-refractivity contribution in [1.29, 1.82) is 0 Å². The molecule has 0 aromatic heterocycles. The second kappa shape index (κ2) is 5.38. The summed E-state index contributed by atoms with van der Waals surface area (Å²) in [6, 6.07) is 3.43. The van der Waals surface area contributed by atoms with Crippen LogP contribution in [0.25, 0.3) is 0 Å². The van der Waals surface area contributed by atoms with Crippen molar-refractivity contribution in [2.24, 2.45) is 5.92 Å². The molecule has 1 atom stereocenters. The lowest BCUT2D eigenvalue weighted by Crippen LogP contribution is -2.46. The molecule has 8 heteroatoms. The summed E-state index contributed by atoms with van der Waals surface area (Å²) in [7, 11) is 0. The summed E-state index contributed by atoms with van der Waals surface area (Å²) in [4.78, 5) is 45.7. The van der Waals surface area contributed by atoms with Crippen molar-refractivity contribution >= 4 is 34.8 Å². The van der Waals surface area contributed by atoms with E-state index in [2.05, 4.69) is 5.32 Å². The molecule has 7 nitrogen and oxygen atoms in total. The maximum absolute atomic E-state index is 12.3. The predicted molar refractivity (Wildman–Crippen MR) is 68.6 cm³/mol. The van der Waals surface area contributed by atoms with Gasteiger partial charge in [0, 0.05) is 24.1 Å². The Morgan fingerprint density at radius 2 is 2.10 bits per heavy atom. The third-order valence-corrected chi connectivity index (χ3v) is 3.17. The Kier molecular flexibility index (Phi) is 3.80. The molecule has 1 amide bonds. The number of amides is 1. The minimum absolute atomic E-state index is 0.0243. The number of ketones is 2. The number of nitro benzene ring substituents is 1. The zero-order chi connectivity index (χ0) is 14.9. The molecule has 1 saturated heterocycles. The number of nitrogens with zero attached hydrogens (tertiary/aromatic N) is 1. The molecule has 1 aromatic carbocycles. The van der Waals surface area contributed by atoms with E-state index in [0.29, 0.717) is 0 Å². The van der Waals surface area contributed by atoms with Crippen molar-refractivity contribution < 1.29 is 19.3 Å². The molecule has 0 radical (unpaired) electrons. The first-order chi connectivity index (χ1) is 9.41. The van der Waals surface area contributed by atoms with Crippen molar-refractivity contribution in [3.63, 3.8) is 0 Å². The van der Waals surface area contributed by atoms with E-state index >= 15 is 0 Å². The number of nitro groups is 1. The first-order valence-electron chi connectivity index (χ1n) is 5.70. The SMILES string of the molecule is O=C1CCNC(=O)C1C(=O)c1cc(Cl)ccc1[N+](=O)[O-]. The lowest BCUT2D eigenvalue weighted by molar-refractivity contribution is -0.385. The Hall–Kier alpha value is -2.28. The third-order valence-electron chi connectivity index (χ3n) is 2.94. The van der Waals surface area contributed by atoms with Crippen LogP contribution in [0.15, 0.2) is 18.2 Å². The quantitative estimate of drug-likeness (QED) is 0.389. The monoisotopic (exact) mass is 296 g/mol. The fraction of sp³-hybridized carbons (Fsp3) is 0.250. The Morgan fingerprint density at radius 1 is 1.40 bits per heavy atom. The minimum atomic E-state index is -1.54. The van der Waals surface area contributed by atoms with Crippen molar-refractivity contribution in [2.75, 3.05) is 6.54 Å². The number of benzene rings is 1. The average molecular weight is 297 g/mol. The molecule has 0 saturated carbocycles. The summed E-state index contributed by atoms with van der Waals surface area (Å²) >= 11 is 5.72. The van der Waals surface area contributed by atoms with Gasteiger partial charge in [-0.05, 0) is 12.1 Å². The fourth-order valence-corrected chi connectivity index (χ4v) is 2.16. The molecule has 0 spiro atoms. The maximum Gasteiger partial charge on any atom is 0.280 e. The summed E-state index contributed by atoms with van der Waals surface area (Å²) in [6.07, 6.45) is 0.0243. The number of carbonyl (C=O) groups is 3. The zero-order valence-corrected chi connectivity index (χ0v) is 10.8. The van der Waals surface area contributed by atoms with E-state index in [1.807, 2.05) is 0 Å². The van der Waals surface area contributed by atoms with Gasteiger partial charge in [0.25, 0.3) is 5.69 Å². The van der Waals surface area contributed by atoms with Gasteiger partial charge in [0.1, 0.15) is 0 Å². The molecule has 0 bridgehead atoms. The van der Waals surface area contributed by atoms with Crippen LogP contribution >= 0.6 is 11.6 Å². The summed E-state index contributed by atoms with van der Waals surface area (Å²) in [5.74, 6) is -3.73. The summed E-state index contributed by atoms with van der Waals surface area (Å²) in [5, 5.41) is 13.4. The number of nitrogens with one attached hydrogen (secondary N) is 1. The van der Waals surface area contributed by atoms with Gasteiger partial charge in [-0.1, -0.05) is 11.6 Å². The number of Topliss-reactive ketones (excluding diaryl/α,β-unsaturated/α-hetero) is 2. The van der Waals surface area contributed by atoms with Gasteiger partial charge >= 0.3 is 0 Å². The average Bonchev–Trinajstić information content (AvgIpc) is 2.37. The standard InChI is InChI=1S/C12H9ClN2O5/c13-6-1-2-8(15(19)20)7(5-6)11(17)10-9(16)3-4-14-12(10)18/h1-2,5,10H,3-4H2,(H,14,18). The van der Waals surface area contributed by atoms with E-state index in [-0.39, 0.29) is 23.6 Å². The molecular weight excluding hydrogens is 288 g/mol. The van der Waals surface area contributed by atoms with Crippen LogP contribution in [0.1, 0.15) is 16.8 Å². The van der Waals surface area contributed by atoms with E-state index in [0.717, 1.165) is 12.1 Å². The van der Waals surface area contributed by atoms with Crippen LogP contribution in [0.3, 0.4) is 0 Å². The molecule has 1 aliphatic rings. The second-order valence-electron chi connectivity index (χ2n) is 4.22. The maximum atomic E-state index is 12.3. The van der Waals surface area contributed by atoms with Crippen LogP contribution in [0.2, 0.25) is 5.02 Å². The van der Waals surface area contributed by atoms with Gasteiger partial charge in [0.05, 0.1) is 10.5 Å². The Morgan fingerprint density at radius 3 is 2.70 bits per heavy atom. The normalized spacial score (nSPS) is 18.6. The van der Waals surface area contributed by atoms with Crippen LogP contribution in [0.5, 0.6) is 0 Å². The first-order valence-corrected chi connectivity index (χ1v) is 6.08. The van der Waals surface area contributed by atoms with E-state index < -0.39 is 34.0 Å². The smallest absolute Gasteiger partial charge is 0.280 e. The van der Waals surface area contributed by atoms with E-state index in [9.17, 15) is 24.5 Å². The van der Waals surface area contributed by atoms with Gasteiger partial charge in [-0.3, -0.25) is 24.5 Å². The van der Waals surface area contributed by atoms with Gasteiger partial charge < -0.3 is 5.32 Å². The predicted octanol–water partition coefficient (Wildman–Crippen LogP) is 1.14. The van der Waals surface area contributed by atoms with E-state index in [4.69, 9.17) is 11.6 Å². The van der Waals surface area contributed by atoms with Crippen molar-refractivity contribution in [1.82, 2.24) is 5.32 Å². The molecule has 0 aliphatic carbocycles. The molecule has 104 valence electrons. The van der Waals surface area contributed by atoms with Crippen molar-refractivity contribution in [2.45, 2.75) is 6.42 Å². The van der Waals surface area contributed by atoms with Gasteiger partial charge in [0.2, 0.25) is 5.91 Å². The van der Waals surface area contributed by atoms with E-state index in [1.54, 1.807) is 0 Å². The number of halogens is 1. The molecule has 20 heavy (non-hydrogen) atoms. The van der Waals surface area contributed by atoms with Crippen LogP contribution in [0.4, 0.5) is 5.69 Å². The van der Waals surface area contributed by atoms with Crippen LogP contribution < -0.4 is 5.32 Å². The fourth-order valence-electron chi connectivity index (χ4n) is 1.99. The molecule has 1 aromatic rings. The highest BCUT2D eigenvalue weighted by Crippen LogP contribution is 2.26. The van der Waals surface area contributed by atoms with Gasteiger partial charge in [-0.25, -0.2) is 0 Å². The topological polar surface area (TPSA) is 106 Å². The third kappa shape index (κ3) is 2.53. The highest BCUT2D eigenvalue weighted by Gasteiger charge is 2.39.